The van der Waals surface area contributed by atoms with Gasteiger partial charge >= 0.3 is 10.6 Å². The van der Waals surface area contributed by atoms with Gasteiger partial charge in [-0.05, 0) is 165 Å². The second-order valence-corrected chi connectivity index (χ2v) is 21.2. The second kappa shape index (κ2) is 37.4. The van der Waals surface area contributed by atoms with Crippen LogP contribution in [0.5, 0.6) is 57.5 Å². The quantitative estimate of drug-likeness (QED) is 0.0562. The van der Waals surface area contributed by atoms with Gasteiger partial charge in [0.2, 0.25) is 0 Å². The zero-order valence-electron chi connectivity index (χ0n) is 49.3. The molecule has 9 rings (SSSR count). The normalized spacial score (nSPS) is 10.2. The van der Waals surface area contributed by atoms with Crippen LogP contribution < -0.4 is 0 Å². The van der Waals surface area contributed by atoms with E-state index < -0.39 is 30.8 Å². The predicted molar refractivity (Wildman–Crippen MR) is 333 cm³/mol. The van der Waals surface area contributed by atoms with Crippen LogP contribution in [0.2, 0.25) is 0 Å². The van der Waals surface area contributed by atoms with E-state index in [9.17, 15) is 37.3 Å². The van der Waals surface area contributed by atoms with E-state index in [4.69, 9.17) is 52.4 Å². The summed E-state index contributed by atoms with van der Waals surface area (Å²) < 4.78 is 86.4. The average molecular weight is 1240 g/mol. The number of hydrogen-bond acceptors (Lipinski definition) is 17. The lowest BCUT2D eigenvalue weighted by molar-refractivity contribution is 0.403. The van der Waals surface area contributed by atoms with Gasteiger partial charge in [-0.2, -0.15) is 16.8 Å². The van der Waals surface area contributed by atoms with Gasteiger partial charge in [-0.25, -0.2) is 0 Å². The number of phenolic OH excluding ortho intramolecular Hbond substituents is 10. The van der Waals surface area contributed by atoms with Crippen LogP contribution in [-0.4, -0.2) is 89.6 Å². The molecule has 0 aliphatic carbocycles. The van der Waals surface area contributed by atoms with Crippen molar-refractivity contribution < 1.29 is 89.6 Å². The molecule has 0 radical (unpaired) electrons. The third kappa shape index (κ3) is 27.4. The molecule has 0 aromatic heterocycles. The Morgan fingerprint density at radius 1 is 0.306 bits per heavy atom. The highest BCUT2D eigenvalue weighted by atomic mass is 32.2. The number of hydrogen-bond donors (Lipinski definition) is 12. The summed E-state index contributed by atoms with van der Waals surface area (Å²) in [6.07, 6.45) is 0. The lowest BCUT2D eigenvalue weighted by atomic mass is 10.0. The largest absolute Gasteiger partial charge is 0.508 e. The minimum Gasteiger partial charge on any atom is -0.508 e. The van der Waals surface area contributed by atoms with E-state index in [-0.39, 0.29) is 61.5 Å². The van der Waals surface area contributed by atoms with Crippen LogP contribution in [0.4, 0.5) is 0 Å². The zero-order chi connectivity index (χ0) is 65.5. The standard InChI is InChI=1S/C10H8O5S.C10H8O4S.C10H8O2.2C9H12O2.C9H12O.3C2H6.O3S/c11-9-4-6-1-2-8(16(13,14)15)3-7(6)5-10(9)12;11-9-3-1-7-2-4-10(15(12,13)14)6-8(7)5-9;11-8-5-4-7-2-1-3-10(12)9(7)6-8;2*1-6(2)7-3-4-8(10)9(11)5-7;1-7(2)8-3-5-9(10)6-4-8;3*1-2;1-4(2)3/h1-5,11-12H,(H,13,14,15);1-6,11H,(H,12,13,14);1-6,11-12H;2*3-6,10-11H,1-2H3;3-7,10H,1-2H3;3*1-2H3;. The van der Waals surface area contributed by atoms with E-state index in [0.717, 1.165) is 21.9 Å². The molecular weight excluding hydrogens is 1160 g/mol. The van der Waals surface area contributed by atoms with Crippen LogP contribution in [-0.2, 0) is 30.8 Å². The van der Waals surface area contributed by atoms with E-state index in [1.165, 1.54) is 72.3 Å². The fourth-order valence-corrected chi connectivity index (χ4v) is 7.72. The van der Waals surface area contributed by atoms with Crippen LogP contribution in [0.1, 0.15) is 118 Å². The Hall–Kier alpha value is -8.80. The summed E-state index contributed by atoms with van der Waals surface area (Å²) in [4.78, 5) is -0.439. The fraction of sp³-hybridized carbons (Fsp3) is 0.238. The van der Waals surface area contributed by atoms with Crippen molar-refractivity contribution in [2.24, 2.45) is 0 Å². The predicted octanol–water partition coefficient (Wildman–Crippen LogP) is 14.6. The third-order valence-electron chi connectivity index (χ3n) is 11.0. The first-order valence-electron chi connectivity index (χ1n) is 26.4. The first-order valence-corrected chi connectivity index (χ1v) is 30.3. The summed E-state index contributed by atoms with van der Waals surface area (Å²) >= 11 is 0. The first-order chi connectivity index (χ1) is 39.8. The topological polar surface area (TPSA) is 362 Å². The van der Waals surface area contributed by atoms with Gasteiger partial charge < -0.3 is 51.1 Å². The molecule has 0 fully saturated rings. The van der Waals surface area contributed by atoms with Crippen LogP contribution in [0, 0.1) is 0 Å². The molecule has 9 aromatic rings. The summed E-state index contributed by atoms with van der Waals surface area (Å²) in [5.41, 5.74) is 3.32. The van der Waals surface area contributed by atoms with Gasteiger partial charge in [0.15, 0.2) is 34.5 Å². The zero-order valence-corrected chi connectivity index (χ0v) is 51.7. The minimum atomic E-state index is -4.26. The van der Waals surface area contributed by atoms with Crippen molar-refractivity contribution in [1.29, 1.82) is 0 Å². The van der Waals surface area contributed by atoms with Crippen molar-refractivity contribution in [2.75, 3.05) is 0 Å². The lowest BCUT2D eigenvalue weighted by Gasteiger charge is -2.05. The van der Waals surface area contributed by atoms with Crippen molar-refractivity contribution in [3.05, 3.63) is 180 Å². The molecule has 9 aromatic carbocycles. The van der Waals surface area contributed by atoms with Gasteiger partial charge in [-0.1, -0.05) is 144 Å². The van der Waals surface area contributed by atoms with Crippen molar-refractivity contribution >= 4 is 63.2 Å². The van der Waals surface area contributed by atoms with Gasteiger partial charge in [-0.15, -0.1) is 12.6 Å². The van der Waals surface area contributed by atoms with Gasteiger partial charge in [0.05, 0.1) is 9.79 Å². The van der Waals surface area contributed by atoms with E-state index >= 15 is 0 Å². The Bertz CT molecular complexity index is 3790. The van der Waals surface area contributed by atoms with E-state index in [1.54, 1.807) is 78.9 Å². The molecule has 12 N–H and O–H groups in total. The first kappa shape index (κ1) is 76.2. The molecule has 462 valence electrons. The molecule has 0 aliphatic heterocycles. The molecule has 0 amide bonds. The molecular formula is C63H78O19S3. The molecule has 0 atom stereocenters. The SMILES string of the molecule is CC.CC.CC.CC(C)c1ccc(O)c(O)c1.CC(C)c1ccc(O)c(O)c1.CC(C)c1ccc(O)cc1.O=S(=O)(O)c1ccc2cc(O)c(O)cc2c1.O=S(=O)(O)c1ccc2ccc(O)cc2c1.O=S(=O)=O.Oc1ccc2cccc(O)c2c1. The second-order valence-electron chi connectivity index (χ2n) is 17.9. The molecule has 22 heteroatoms. The molecule has 85 heavy (non-hydrogen) atoms. The maximum Gasteiger partial charge on any atom is 0.425 e. The summed E-state index contributed by atoms with van der Waals surface area (Å²) in [7, 11) is -11.6. The monoisotopic (exact) mass is 1230 g/mol. The Balaban J connectivity index is 0.000000972. The van der Waals surface area contributed by atoms with Crippen LogP contribution in [0.3, 0.4) is 0 Å². The Morgan fingerprint density at radius 2 is 0.635 bits per heavy atom. The highest BCUT2D eigenvalue weighted by Crippen LogP contribution is 2.33. The lowest BCUT2D eigenvalue weighted by Crippen LogP contribution is -1.97. The molecule has 0 heterocycles. The van der Waals surface area contributed by atoms with Gasteiger partial charge in [0.1, 0.15) is 23.0 Å². The maximum absolute atomic E-state index is 10.9. The van der Waals surface area contributed by atoms with Crippen molar-refractivity contribution in [3.8, 4) is 57.5 Å². The van der Waals surface area contributed by atoms with Crippen LogP contribution in [0.15, 0.2) is 174 Å². The minimum absolute atomic E-state index is 0.0452. The van der Waals surface area contributed by atoms with E-state index in [2.05, 4.69) is 13.8 Å². The summed E-state index contributed by atoms with van der Waals surface area (Å²) in [6, 6.07) is 42.5. The number of phenols is 10. The third-order valence-corrected chi connectivity index (χ3v) is 12.7. The van der Waals surface area contributed by atoms with Crippen molar-refractivity contribution in [3.63, 3.8) is 0 Å². The number of aromatic hydroxyl groups is 10. The Kier molecular flexibility index (Phi) is 33.5. The molecule has 0 spiro atoms. The highest BCUT2D eigenvalue weighted by molar-refractivity contribution is 7.86. The number of rotatable bonds is 5. The molecule has 0 unspecified atom stereocenters. The average Bonchev–Trinajstić information content (AvgIpc) is 3.61. The number of benzene rings is 9. The van der Waals surface area contributed by atoms with Gasteiger partial charge in [0.25, 0.3) is 20.2 Å². The summed E-state index contributed by atoms with van der Waals surface area (Å²) in [5, 5.41) is 95.2. The highest BCUT2D eigenvalue weighted by Gasteiger charge is 2.12. The summed E-state index contributed by atoms with van der Waals surface area (Å²) in [5.74, 6) is 1.21. The van der Waals surface area contributed by atoms with E-state index in [1.807, 2.05) is 87.4 Å². The smallest absolute Gasteiger partial charge is 0.425 e. The van der Waals surface area contributed by atoms with Gasteiger partial charge in [0, 0.05) is 5.39 Å². The molecule has 0 saturated heterocycles. The van der Waals surface area contributed by atoms with Crippen molar-refractivity contribution in [2.45, 2.75) is 111 Å². The number of fused-ring (bicyclic) bond motifs is 3. The van der Waals surface area contributed by atoms with E-state index in [0.29, 0.717) is 45.0 Å². The molecule has 0 saturated carbocycles. The van der Waals surface area contributed by atoms with Gasteiger partial charge in [-0.3, -0.25) is 9.11 Å². The Morgan fingerprint density at radius 3 is 1.04 bits per heavy atom. The molecule has 0 bridgehead atoms. The summed E-state index contributed by atoms with van der Waals surface area (Å²) in [6.45, 7) is 24.4. The maximum atomic E-state index is 10.9. The molecule has 19 nitrogen and oxygen atoms in total. The molecule has 0 aliphatic rings. The van der Waals surface area contributed by atoms with Crippen molar-refractivity contribution in [1.82, 2.24) is 0 Å². The van der Waals surface area contributed by atoms with Crippen LogP contribution in [0.25, 0.3) is 32.3 Å². The fourth-order valence-electron chi connectivity index (χ4n) is 6.69. The Labute approximate surface area is 498 Å². The van der Waals surface area contributed by atoms with Crippen LogP contribution >= 0.6 is 0 Å².